The van der Waals surface area contributed by atoms with E-state index in [4.69, 9.17) is 9.84 Å². The quantitative estimate of drug-likeness (QED) is 0.863. The van der Waals surface area contributed by atoms with Crippen molar-refractivity contribution in [3.05, 3.63) is 47.3 Å². The second-order valence-electron chi connectivity index (χ2n) is 6.98. The molecule has 26 heavy (non-hydrogen) atoms. The monoisotopic (exact) mass is 356 g/mol. The van der Waals surface area contributed by atoms with Crippen LogP contribution in [-0.4, -0.2) is 52.9 Å². The molecule has 6 heteroatoms. The lowest BCUT2D eigenvalue weighted by Crippen LogP contribution is -2.51. The summed E-state index contributed by atoms with van der Waals surface area (Å²) >= 11 is 0. The van der Waals surface area contributed by atoms with E-state index in [0.717, 1.165) is 35.7 Å². The SMILES string of the molecule is Cc1nn(-c2ccccc2)c(C)c1[C@H]1C(=O)NCCN1CCOC(C)C. The van der Waals surface area contributed by atoms with Crippen molar-refractivity contribution < 1.29 is 9.53 Å². The Morgan fingerprint density at radius 3 is 2.69 bits per heavy atom. The van der Waals surface area contributed by atoms with Gasteiger partial charge >= 0.3 is 0 Å². The number of aromatic nitrogens is 2. The van der Waals surface area contributed by atoms with Gasteiger partial charge in [-0.3, -0.25) is 9.69 Å². The highest BCUT2D eigenvalue weighted by molar-refractivity contribution is 5.84. The molecule has 1 N–H and O–H groups in total. The molecule has 1 saturated heterocycles. The molecule has 1 fully saturated rings. The summed E-state index contributed by atoms with van der Waals surface area (Å²) in [5.41, 5.74) is 3.90. The van der Waals surface area contributed by atoms with Crippen LogP contribution in [0.1, 0.15) is 36.8 Å². The topological polar surface area (TPSA) is 59.4 Å². The molecule has 1 aliphatic rings. The van der Waals surface area contributed by atoms with Crippen LogP contribution in [0.2, 0.25) is 0 Å². The van der Waals surface area contributed by atoms with Gasteiger partial charge in [-0.05, 0) is 39.8 Å². The summed E-state index contributed by atoms with van der Waals surface area (Å²) in [7, 11) is 0. The number of piperazine rings is 1. The van der Waals surface area contributed by atoms with Gasteiger partial charge in [-0.2, -0.15) is 5.10 Å². The van der Waals surface area contributed by atoms with Crippen LogP contribution in [0, 0.1) is 13.8 Å². The maximum atomic E-state index is 12.7. The summed E-state index contributed by atoms with van der Waals surface area (Å²) in [6, 6.07) is 9.71. The van der Waals surface area contributed by atoms with E-state index in [9.17, 15) is 4.79 Å². The van der Waals surface area contributed by atoms with Crippen molar-refractivity contribution in [3.8, 4) is 5.69 Å². The first-order valence-electron chi connectivity index (χ1n) is 9.24. The minimum Gasteiger partial charge on any atom is -0.377 e. The van der Waals surface area contributed by atoms with Crippen molar-refractivity contribution >= 4 is 5.91 Å². The summed E-state index contributed by atoms with van der Waals surface area (Å²) < 4.78 is 7.63. The number of rotatable bonds is 6. The van der Waals surface area contributed by atoms with Crippen molar-refractivity contribution in [2.45, 2.75) is 39.8 Å². The number of carbonyl (C=O) groups is 1. The van der Waals surface area contributed by atoms with Gasteiger partial charge in [-0.1, -0.05) is 18.2 Å². The van der Waals surface area contributed by atoms with Crippen molar-refractivity contribution in [2.75, 3.05) is 26.2 Å². The first-order chi connectivity index (χ1) is 12.5. The Kier molecular flexibility index (Phi) is 5.74. The number of hydrogen-bond acceptors (Lipinski definition) is 4. The van der Waals surface area contributed by atoms with Gasteiger partial charge in [0.2, 0.25) is 5.91 Å². The van der Waals surface area contributed by atoms with Gasteiger partial charge in [0.05, 0.1) is 24.1 Å². The third-order valence-corrected chi connectivity index (χ3v) is 4.76. The summed E-state index contributed by atoms with van der Waals surface area (Å²) in [5.74, 6) is 0.0413. The molecule has 0 unspecified atom stereocenters. The molecule has 0 radical (unpaired) electrons. The Labute approximate surface area is 155 Å². The Balaban J connectivity index is 1.91. The molecule has 2 aromatic rings. The molecule has 1 aliphatic heterocycles. The van der Waals surface area contributed by atoms with Crippen LogP contribution in [0.3, 0.4) is 0 Å². The fraction of sp³-hybridized carbons (Fsp3) is 0.500. The van der Waals surface area contributed by atoms with Crippen LogP contribution in [0.4, 0.5) is 0 Å². The number of hydrogen-bond donors (Lipinski definition) is 1. The van der Waals surface area contributed by atoms with E-state index >= 15 is 0 Å². The molecule has 6 nitrogen and oxygen atoms in total. The Hall–Kier alpha value is -2.18. The Morgan fingerprint density at radius 2 is 2.00 bits per heavy atom. The zero-order valence-electron chi connectivity index (χ0n) is 16.0. The summed E-state index contributed by atoms with van der Waals surface area (Å²) in [5, 5.41) is 7.72. The lowest BCUT2D eigenvalue weighted by Gasteiger charge is -2.35. The first-order valence-corrected chi connectivity index (χ1v) is 9.24. The fourth-order valence-corrected chi connectivity index (χ4v) is 3.55. The number of aryl methyl sites for hydroxylation is 1. The maximum Gasteiger partial charge on any atom is 0.242 e. The summed E-state index contributed by atoms with van der Waals surface area (Å²) in [6.45, 7) is 10.9. The average Bonchev–Trinajstić information content (AvgIpc) is 2.90. The zero-order valence-corrected chi connectivity index (χ0v) is 16.0. The highest BCUT2D eigenvalue weighted by Crippen LogP contribution is 2.30. The predicted octanol–water partition coefficient (Wildman–Crippen LogP) is 2.39. The largest absolute Gasteiger partial charge is 0.377 e. The van der Waals surface area contributed by atoms with Crippen LogP contribution < -0.4 is 5.32 Å². The molecule has 1 atom stereocenters. The van der Waals surface area contributed by atoms with E-state index in [-0.39, 0.29) is 18.1 Å². The standard InChI is InChI=1S/C20H28N4O2/c1-14(2)26-13-12-23-11-10-21-20(25)19(23)18-15(3)22-24(16(18)4)17-8-6-5-7-9-17/h5-9,14,19H,10-13H2,1-4H3,(H,21,25)/t19-/m0/s1. The highest BCUT2D eigenvalue weighted by atomic mass is 16.5. The third-order valence-electron chi connectivity index (χ3n) is 4.76. The third kappa shape index (κ3) is 3.81. The smallest absolute Gasteiger partial charge is 0.242 e. The number of nitrogens with zero attached hydrogens (tertiary/aromatic N) is 3. The van der Waals surface area contributed by atoms with Gasteiger partial charge in [0, 0.05) is 30.9 Å². The van der Waals surface area contributed by atoms with E-state index < -0.39 is 0 Å². The normalized spacial score (nSPS) is 18.3. The van der Waals surface area contributed by atoms with Gasteiger partial charge in [0.25, 0.3) is 0 Å². The minimum absolute atomic E-state index is 0.0413. The van der Waals surface area contributed by atoms with Gasteiger partial charge in [-0.25, -0.2) is 4.68 Å². The van der Waals surface area contributed by atoms with Gasteiger partial charge in [0.15, 0.2) is 0 Å². The minimum atomic E-state index is -0.322. The highest BCUT2D eigenvalue weighted by Gasteiger charge is 2.35. The van der Waals surface area contributed by atoms with E-state index in [1.54, 1.807) is 0 Å². The lowest BCUT2D eigenvalue weighted by atomic mass is 10.0. The summed E-state index contributed by atoms with van der Waals surface area (Å²) in [4.78, 5) is 14.9. The molecule has 0 aliphatic carbocycles. The van der Waals surface area contributed by atoms with Crippen LogP contribution in [0.15, 0.2) is 30.3 Å². The number of amides is 1. The molecule has 1 aromatic heterocycles. The van der Waals surface area contributed by atoms with Gasteiger partial charge in [-0.15, -0.1) is 0 Å². The number of nitrogens with one attached hydrogen (secondary N) is 1. The van der Waals surface area contributed by atoms with Crippen LogP contribution >= 0.6 is 0 Å². The van der Waals surface area contributed by atoms with Crippen LogP contribution in [0.25, 0.3) is 5.69 Å². The zero-order chi connectivity index (χ0) is 18.7. The summed E-state index contributed by atoms with van der Waals surface area (Å²) in [6.07, 6.45) is 0.191. The number of para-hydroxylation sites is 1. The van der Waals surface area contributed by atoms with Crippen molar-refractivity contribution in [1.82, 2.24) is 20.0 Å². The molecule has 0 saturated carbocycles. The van der Waals surface area contributed by atoms with E-state index in [1.807, 2.05) is 62.7 Å². The number of ether oxygens (including phenoxy) is 1. The maximum absolute atomic E-state index is 12.7. The van der Waals surface area contributed by atoms with Gasteiger partial charge < -0.3 is 10.1 Å². The van der Waals surface area contributed by atoms with Crippen LogP contribution in [-0.2, 0) is 9.53 Å². The molecule has 0 spiro atoms. The first kappa shape index (κ1) is 18.6. The number of carbonyl (C=O) groups excluding carboxylic acids is 1. The van der Waals surface area contributed by atoms with Crippen molar-refractivity contribution in [2.24, 2.45) is 0 Å². The molecule has 1 aromatic carbocycles. The Morgan fingerprint density at radius 1 is 1.27 bits per heavy atom. The lowest BCUT2D eigenvalue weighted by molar-refractivity contribution is -0.129. The van der Waals surface area contributed by atoms with Gasteiger partial charge in [0.1, 0.15) is 6.04 Å². The molecule has 140 valence electrons. The second kappa shape index (κ2) is 8.01. The molecule has 3 rings (SSSR count). The van der Waals surface area contributed by atoms with E-state index in [1.165, 1.54) is 0 Å². The molecule has 0 bridgehead atoms. The molecule has 1 amide bonds. The number of benzene rings is 1. The average molecular weight is 356 g/mol. The predicted molar refractivity (Wildman–Crippen MR) is 101 cm³/mol. The van der Waals surface area contributed by atoms with E-state index in [2.05, 4.69) is 10.2 Å². The molecule has 2 heterocycles. The molecular formula is C20H28N4O2. The Bertz CT molecular complexity index is 755. The fourth-order valence-electron chi connectivity index (χ4n) is 3.55. The van der Waals surface area contributed by atoms with Crippen molar-refractivity contribution in [3.63, 3.8) is 0 Å². The van der Waals surface area contributed by atoms with Crippen LogP contribution in [0.5, 0.6) is 0 Å². The van der Waals surface area contributed by atoms with E-state index in [0.29, 0.717) is 13.2 Å². The van der Waals surface area contributed by atoms with Crippen molar-refractivity contribution in [1.29, 1.82) is 0 Å². The second-order valence-corrected chi connectivity index (χ2v) is 6.98. The molecular weight excluding hydrogens is 328 g/mol.